The van der Waals surface area contributed by atoms with Crippen molar-refractivity contribution in [1.82, 2.24) is 10.1 Å². The smallest absolute Gasteiger partial charge is 0.270 e. The van der Waals surface area contributed by atoms with Crippen LogP contribution in [0.1, 0.15) is 11.4 Å². The highest BCUT2D eigenvalue weighted by atomic mass is 32.2. The summed E-state index contributed by atoms with van der Waals surface area (Å²) >= 11 is 1.31. The van der Waals surface area contributed by atoms with Crippen LogP contribution in [-0.2, 0) is 10.0 Å². The minimum Gasteiger partial charge on any atom is -0.495 e. The monoisotopic (exact) mass is 365 g/mol. The van der Waals surface area contributed by atoms with Crippen LogP contribution in [-0.4, -0.2) is 25.7 Å². The summed E-state index contributed by atoms with van der Waals surface area (Å²) in [5.74, 6) is 1.03. The molecule has 0 atom stereocenters. The van der Waals surface area contributed by atoms with Gasteiger partial charge in [-0.05, 0) is 43.0 Å². The van der Waals surface area contributed by atoms with Gasteiger partial charge >= 0.3 is 0 Å². The molecule has 2 aromatic heterocycles. The fraction of sp³-hybridized carbons (Fsp3) is 0.200. The molecule has 0 aliphatic rings. The highest BCUT2D eigenvalue weighted by molar-refractivity contribution is 7.92. The number of thiophene rings is 1. The molecule has 0 bridgehead atoms. The van der Waals surface area contributed by atoms with Gasteiger partial charge < -0.3 is 9.26 Å². The Kier molecular flexibility index (Phi) is 4.29. The third-order valence-corrected chi connectivity index (χ3v) is 5.53. The molecule has 0 saturated heterocycles. The summed E-state index contributed by atoms with van der Waals surface area (Å²) in [5, 5.41) is 5.48. The van der Waals surface area contributed by atoms with Crippen LogP contribution < -0.4 is 9.46 Å². The van der Waals surface area contributed by atoms with E-state index in [-0.39, 0.29) is 16.5 Å². The predicted octanol–water partition coefficient (Wildman–Crippen LogP) is 3.22. The second kappa shape index (κ2) is 6.25. The van der Waals surface area contributed by atoms with Gasteiger partial charge in [0.1, 0.15) is 15.5 Å². The van der Waals surface area contributed by atoms with Crippen molar-refractivity contribution < 1.29 is 17.7 Å². The summed E-state index contributed by atoms with van der Waals surface area (Å²) in [5.41, 5.74) is 1.20. The molecule has 3 rings (SSSR count). The highest BCUT2D eigenvalue weighted by Gasteiger charge is 2.23. The van der Waals surface area contributed by atoms with Crippen molar-refractivity contribution in [2.45, 2.75) is 18.7 Å². The Hall–Kier alpha value is -2.39. The van der Waals surface area contributed by atoms with Crippen molar-refractivity contribution in [3.05, 3.63) is 41.0 Å². The number of hydrogen-bond acceptors (Lipinski definition) is 7. The molecular weight excluding hydrogens is 350 g/mol. The number of anilines is 1. The van der Waals surface area contributed by atoms with E-state index in [1.165, 1.54) is 18.4 Å². The maximum atomic E-state index is 12.8. The molecule has 0 amide bonds. The molecular formula is C15H15N3O4S2. The fourth-order valence-electron chi connectivity index (χ4n) is 2.14. The lowest BCUT2D eigenvalue weighted by Gasteiger charge is -2.12. The molecule has 0 aliphatic carbocycles. The summed E-state index contributed by atoms with van der Waals surface area (Å²) in [6.07, 6.45) is 0. The van der Waals surface area contributed by atoms with Gasteiger partial charge in [-0.25, -0.2) is 8.42 Å². The van der Waals surface area contributed by atoms with Crippen LogP contribution >= 0.6 is 11.3 Å². The van der Waals surface area contributed by atoms with Crippen molar-refractivity contribution in [3.8, 4) is 16.5 Å². The van der Waals surface area contributed by atoms with E-state index < -0.39 is 10.0 Å². The Morgan fingerprint density at radius 2 is 2.04 bits per heavy atom. The summed E-state index contributed by atoms with van der Waals surface area (Å²) in [4.78, 5) is 4.77. The van der Waals surface area contributed by atoms with Gasteiger partial charge in [-0.3, -0.25) is 4.72 Å². The molecule has 1 aromatic carbocycles. The Bertz CT molecular complexity index is 976. The number of methoxy groups -OCH3 is 1. The van der Waals surface area contributed by atoms with E-state index in [0.717, 1.165) is 5.56 Å². The van der Waals surface area contributed by atoms with Gasteiger partial charge in [0.25, 0.3) is 15.9 Å². The molecule has 0 radical (unpaired) electrons. The van der Waals surface area contributed by atoms with Crippen LogP contribution in [0.3, 0.4) is 0 Å². The van der Waals surface area contributed by atoms with Gasteiger partial charge in [-0.15, -0.1) is 11.3 Å². The van der Waals surface area contributed by atoms with Gasteiger partial charge in [0.15, 0.2) is 5.82 Å². The lowest BCUT2D eigenvalue weighted by Crippen LogP contribution is -2.14. The van der Waals surface area contributed by atoms with Gasteiger partial charge in [0, 0.05) is 0 Å². The minimum atomic E-state index is -3.83. The average Bonchev–Trinajstić information content (AvgIpc) is 3.15. The zero-order chi connectivity index (χ0) is 17.3. The summed E-state index contributed by atoms with van der Waals surface area (Å²) in [7, 11) is -2.40. The van der Waals surface area contributed by atoms with Gasteiger partial charge in [0.05, 0.1) is 12.8 Å². The topological polar surface area (TPSA) is 94.3 Å². The van der Waals surface area contributed by atoms with E-state index in [9.17, 15) is 8.42 Å². The van der Waals surface area contributed by atoms with Gasteiger partial charge in [0.2, 0.25) is 0 Å². The Morgan fingerprint density at radius 1 is 1.25 bits per heavy atom. The number of ether oxygens (including phenoxy) is 1. The van der Waals surface area contributed by atoms with Crippen molar-refractivity contribution in [3.63, 3.8) is 0 Å². The number of aryl methyl sites for hydroxylation is 2. The second-order valence-electron chi connectivity index (χ2n) is 5.07. The average molecular weight is 365 g/mol. The number of nitrogens with zero attached hydrogens (tertiary/aromatic N) is 2. The molecule has 9 heteroatoms. The maximum absolute atomic E-state index is 12.8. The standard InChI is InChI=1S/C15H15N3O4S2/c1-9-4-5-12(21-3)13(8-9)24(19,20)18-11-6-7-23-14(11)15-16-10(2)17-22-15/h4-8,18H,1-3H3. The molecule has 0 aliphatic heterocycles. The van der Waals surface area contributed by atoms with Crippen molar-refractivity contribution in [1.29, 1.82) is 0 Å². The molecule has 3 aromatic rings. The lowest BCUT2D eigenvalue weighted by atomic mass is 10.2. The molecule has 0 unspecified atom stereocenters. The van der Waals surface area contributed by atoms with E-state index in [0.29, 0.717) is 16.4 Å². The molecule has 0 spiro atoms. The van der Waals surface area contributed by atoms with Crippen molar-refractivity contribution >= 4 is 27.0 Å². The molecule has 126 valence electrons. The van der Waals surface area contributed by atoms with Gasteiger partial charge in [-0.2, -0.15) is 4.98 Å². The third-order valence-electron chi connectivity index (χ3n) is 3.24. The number of aromatic nitrogens is 2. The highest BCUT2D eigenvalue weighted by Crippen LogP contribution is 2.35. The molecule has 7 nitrogen and oxygen atoms in total. The second-order valence-corrected chi connectivity index (χ2v) is 7.64. The van der Waals surface area contributed by atoms with Crippen LogP contribution in [0.5, 0.6) is 5.75 Å². The first-order chi connectivity index (χ1) is 11.4. The number of benzene rings is 1. The lowest BCUT2D eigenvalue weighted by molar-refractivity contribution is 0.402. The van der Waals surface area contributed by atoms with Crippen LogP contribution in [0.4, 0.5) is 5.69 Å². The van der Waals surface area contributed by atoms with Crippen molar-refractivity contribution in [2.75, 3.05) is 11.8 Å². The van der Waals surface area contributed by atoms with E-state index in [1.807, 2.05) is 6.92 Å². The van der Waals surface area contributed by atoms with E-state index >= 15 is 0 Å². The predicted molar refractivity (Wildman–Crippen MR) is 90.9 cm³/mol. The Morgan fingerprint density at radius 3 is 2.71 bits per heavy atom. The fourth-order valence-corrected chi connectivity index (χ4v) is 4.30. The Labute approximate surface area is 143 Å². The number of hydrogen-bond donors (Lipinski definition) is 1. The first kappa shape index (κ1) is 16.5. The largest absolute Gasteiger partial charge is 0.495 e. The number of sulfonamides is 1. The summed E-state index contributed by atoms with van der Waals surface area (Å²) < 4.78 is 38.4. The normalized spacial score (nSPS) is 11.5. The van der Waals surface area contributed by atoms with Crippen LogP contribution in [0.15, 0.2) is 39.1 Å². The zero-order valence-corrected chi connectivity index (χ0v) is 14.9. The summed E-state index contributed by atoms with van der Waals surface area (Å²) in [6, 6.07) is 6.62. The van der Waals surface area contributed by atoms with E-state index in [1.54, 1.807) is 36.6 Å². The van der Waals surface area contributed by atoms with E-state index in [2.05, 4.69) is 14.9 Å². The van der Waals surface area contributed by atoms with Crippen LogP contribution in [0.25, 0.3) is 10.8 Å². The van der Waals surface area contributed by atoms with E-state index in [4.69, 9.17) is 9.26 Å². The van der Waals surface area contributed by atoms with Gasteiger partial charge in [-0.1, -0.05) is 11.2 Å². The first-order valence-electron chi connectivity index (χ1n) is 6.96. The maximum Gasteiger partial charge on any atom is 0.270 e. The van der Waals surface area contributed by atoms with Crippen LogP contribution in [0.2, 0.25) is 0 Å². The first-order valence-corrected chi connectivity index (χ1v) is 9.32. The molecule has 1 N–H and O–H groups in total. The number of rotatable bonds is 5. The minimum absolute atomic E-state index is 0.0730. The zero-order valence-electron chi connectivity index (χ0n) is 13.2. The SMILES string of the molecule is COc1ccc(C)cc1S(=O)(=O)Nc1ccsc1-c1nc(C)no1. The molecule has 0 saturated carbocycles. The van der Waals surface area contributed by atoms with Crippen LogP contribution in [0, 0.1) is 13.8 Å². The molecule has 0 fully saturated rings. The number of nitrogens with one attached hydrogen (secondary N) is 1. The van der Waals surface area contributed by atoms with Crippen molar-refractivity contribution in [2.24, 2.45) is 0 Å². The quantitative estimate of drug-likeness (QED) is 0.746. The third kappa shape index (κ3) is 3.13. The Balaban J connectivity index is 2.00. The molecule has 2 heterocycles. The summed E-state index contributed by atoms with van der Waals surface area (Å²) in [6.45, 7) is 3.51. The molecule has 24 heavy (non-hydrogen) atoms.